The maximum absolute atomic E-state index is 13.0. The van der Waals surface area contributed by atoms with Crippen LogP contribution in [0.3, 0.4) is 0 Å². The van der Waals surface area contributed by atoms with Gasteiger partial charge in [0.05, 0.1) is 17.2 Å². The van der Waals surface area contributed by atoms with Gasteiger partial charge in [-0.3, -0.25) is 4.79 Å². The molecule has 3 aliphatic rings. The summed E-state index contributed by atoms with van der Waals surface area (Å²) in [6.45, 7) is 4.38. The third-order valence-corrected chi connectivity index (χ3v) is 9.37. The second-order valence-electron chi connectivity index (χ2n) is 11.1. The number of aliphatic imine (C=N–C) groups is 1. The highest BCUT2D eigenvalue weighted by atomic mass is 32.2. The molecule has 6 nitrogen and oxygen atoms in total. The van der Waals surface area contributed by atoms with E-state index in [1.54, 1.807) is 24.3 Å². The highest BCUT2D eigenvalue weighted by Gasteiger charge is 2.35. The Balaban J connectivity index is 1.28. The summed E-state index contributed by atoms with van der Waals surface area (Å²) in [5, 5.41) is 13.6. The number of rotatable bonds is 6. The molecule has 0 spiro atoms. The fourth-order valence-electron chi connectivity index (χ4n) is 6.54. The van der Waals surface area contributed by atoms with E-state index in [4.69, 9.17) is 9.73 Å². The minimum absolute atomic E-state index is 0.0762. The van der Waals surface area contributed by atoms with Crippen LogP contribution >= 0.6 is 11.8 Å². The molecule has 3 heterocycles. The summed E-state index contributed by atoms with van der Waals surface area (Å²) in [5.74, 6) is 0.858. The quantitative estimate of drug-likeness (QED) is 0.228. The molecule has 0 bridgehead atoms. The second-order valence-corrected chi connectivity index (χ2v) is 12.1. The topological polar surface area (TPSA) is 74.2 Å². The van der Waals surface area contributed by atoms with Gasteiger partial charge < -0.3 is 20.1 Å². The summed E-state index contributed by atoms with van der Waals surface area (Å²) in [6, 6.07) is 31.1. The molecule has 0 aromatic heterocycles. The minimum Gasteiger partial charge on any atom is -0.504 e. The lowest BCUT2D eigenvalue weighted by Crippen LogP contribution is -2.37. The normalized spacial score (nSPS) is 21.1. The van der Waals surface area contributed by atoms with Crippen molar-refractivity contribution < 1.29 is 14.6 Å². The van der Waals surface area contributed by atoms with E-state index < -0.39 is 0 Å². The number of anilines is 1. The van der Waals surface area contributed by atoms with Crippen LogP contribution < -0.4 is 15.0 Å². The van der Waals surface area contributed by atoms with E-state index in [-0.39, 0.29) is 23.5 Å². The maximum atomic E-state index is 13.0. The Hall–Kier alpha value is -4.49. The van der Waals surface area contributed by atoms with E-state index in [1.165, 1.54) is 39.7 Å². The number of amides is 1. The lowest BCUT2D eigenvalue weighted by Gasteiger charge is -2.43. The lowest BCUT2D eigenvalue weighted by molar-refractivity contribution is -0.115. The van der Waals surface area contributed by atoms with E-state index in [0.717, 1.165) is 37.2 Å². The number of ether oxygens (including phenoxy) is 1. The first-order valence-corrected chi connectivity index (χ1v) is 15.7. The van der Waals surface area contributed by atoms with Crippen molar-refractivity contribution in [3.63, 3.8) is 0 Å². The van der Waals surface area contributed by atoms with Gasteiger partial charge in [-0.05, 0) is 89.7 Å². The zero-order chi connectivity index (χ0) is 29.3. The zero-order valence-electron chi connectivity index (χ0n) is 24.0. The number of aromatic hydroxyl groups is 1. The summed E-state index contributed by atoms with van der Waals surface area (Å²) in [6.07, 6.45) is 3.91. The van der Waals surface area contributed by atoms with Crippen LogP contribution in [0.2, 0.25) is 0 Å². The van der Waals surface area contributed by atoms with Gasteiger partial charge in [-0.25, -0.2) is 4.99 Å². The number of phenolic OH excluding ortho intramolecular Hbond substituents is 1. The molecule has 3 aliphatic heterocycles. The van der Waals surface area contributed by atoms with Gasteiger partial charge in [-0.2, -0.15) is 0 Å². The molecule has 4 aromatic carbocycles. The Morgan fingerprint density at radius 2 is 1.56 bits per heavy atom. The van der Waals surface area contributed by atoms with Crippen molar-refractivity contribution in [3.05, 3.63) is 124 Å². The van der Waals surface area contributed by atoms with Crippen molar-refractivity contribution in [2.75, 3.05) is 24.6 Å². The van der Waals surface area contributed by atoms with Crippen molar-refractivity contribution in [1.82, 2.24) is 5.32 Å². The van der Waals surface area contributed by atoms with Gasteiger partial charge in [0.1, 0.15) is 0 Å². The van der Waals surface area contributed by atoms with Gasteiger partial charge in [0.15, 0.2) is 16.7 Å². The number of hydrogen-bond acceptors (Lipinski definition) is 6. The Morgan fingerprint density at radius 1 is 0.930 bits per heavy atom. The third kappa shape index (κ3) is 5.41. The third-order valence-electron chi connectivity index (χ3n) is 8.46. The van der Waals surface area contributed by atoms with Gasteiger partial charge in [-0.1, -0.05) is 66.7 Å². The number of phenols is 1. The van der Waals surface area contributed by atoms with Crippen LogP contribution in [0.4, 0.5) is 11.4 Å². The van der Waals surface area contributed by atoms with Crippen molar-refractivity contribution in [3.8, 4) is 11.5 Å². The molecular formula is C36H33N3O3S. The Morgan fingerprint density at radius 3 is 2.16 bits per heavy atom. The van der Waals surface area contributed by atoms with E-state index in [1.807, 2.05) is 6.92 Å². The molecule has 2 atom stereocenters. The van der Waals surface area contributed by atoms with E-state index >= 15 is 0 Å². The average molecular weight is 588 g/mol. The van der Waals surface area contributed by atoms with Crippen LogP contribution in [-0.4, -0.2) is 35.9 Å². The number of thioether (sulfide) groups is 1. The molecule has 2 N–H and O–H groups in total. The van der Waals surface area contributed by atoms with E-state index in [2.05, 4.69) is 83.0 Å². The van der Waals surface area contributed by atoms with Gasteiger partial charge in [0.2, 0.25) is 0 Å². The van der Waals surface area contributed by atoms with Crippen molar-refractivity contribution >= 4 is 40.3 Å². The molecular weight excluding hydrogens is 554 g/mol. The zero-order valence-corrected chi connectivity index (χ0v) is 24.8. The van der Waals surface area contributed by atoms with Crippen LogP contribution in [-0.2, 0) is 4.79 Å². The highest BCUT2D eigenvalue weighted by Crippen LogP contribution is 2.50. The number of amidine groups is 1. The molecule has 1 fully saturated rings. The number of carbonyl (C=O) groups excluding carboxylic acids is 1. The largest absolute Gasteiger partial charge is 0.504 e. The highest BCUT2D eigenvalue weighted by molar-refractivity contribution is 8.18. The number of benzene rings is 4. The summed E-state index contributed by atoms with van der Waals surface area (Å²) >= 11 is 1.33. The number of nitrogens with one attached hydrogen (secondary N) is 1. The van der Waals surface area contributed by atoms with Gasteiger partial charge in [-0.15, -0.1) is 0 Å². The van der Waals surface area contributed by atoms with E-state index in [9.17, 15) is 9.90 Å². The van der Waals surface area contributed by atoms with Crippen molar-refractivity contribution in [1.29, 1.82) is 0 Å². The SMILES string of the molecule is CCOc1cc(/C=C2\SC(=Nc3cc4c5c(c3)[C@H](c3ccccc3)CCN5CC[C@@H]4c3ccccc3)NC2=O)ccc1O. The van der Waals surface area contributed by atoms with Crippen LogP contribution in [0.15, 0.2) is 101 Å². The standard InChI is InChI=1S/C36H33N3O3S/c1-2-42-32-19-23(13-14-31(32)40)20-33-35(41)38-36(43-33)37-26-21-29-27(24-9-5-3-6-10-24)15-17-39-18-16-28(30(22-26)34(29)39)25-11-7-4-8-12-25/h3-14,19-22,27-28,40H,2,15-18H2,1H3,(H,37,38,41)/b33-20-/t27-,28+. The molecule has 4 aromatic rings. The molecule has 216 valence electrons. The first-order chi connectivity index (χ1) is 21.1. The Kier molecular flexibility index (Phi) is 7.41. The molecule has 0 unspecified atom stereocenters. The maximum Gasteiger partial charge on any atom is 0.264 e. The smallest absolute Gasteiger partial charge is 0.264 e. The van der Waals surface area contributed by atoms with Crippen molar-refractivity contribution in [2.24, 2.45) is 4.99 Å². The Bertz CT molecular complexity index is 1660. The van der Waals surface area contributed by atoms with Gasteiger partial charge >= 0.3 is 0 Å². The molecule has 7 heteroatoms. The fourth-order valence-corrected chi connectivity index (χ4v) is 7.39. The van der Waals surface area contributed by atoms with Gasteiger partial charge in [0.25, 0.3) is 5.91 Å². The number of nitrogens with zero attached hydrogens (tertiary/aromatic N) is 2. The van der Waals surface area contributed by atoms with Crippen molar-refractivity contribution in [2.45, 2.75) is 31.6 Å². The number of hydrogen-bond donors (Lipinski definition) is 2. The molecule has 0 aliphatic carbocycles. The molecule has 1 saturated heterocycles. The average Bonchev–Trinajstić information content (AvgIpc) is 3.37. The minimum atomic E-state index is -0.190. The summed E-state index contributed by atoms with van der Waals surface area (Å²) in [7, 11) is 0. The predicted octanol–water partition coefficient (Wildman–Crippen LogP) is 7.56. The summed E-state index contributed by atoms with van der Waals surface area (Å²) in [5.41, 5.74) is 8.25. The van der Waals surface area contributed by atoms with Crippen LogP contribution in [0.1, 0.15) is 59.4 Å². The molecule has 43 heavy (non-hydrogen) atoms. The first kappa shape index (κ1) is 27.3. The fraction of sp³-hybridized carbons (Fsp3) is 0.222. The lowest BCUT2D eigenvalue weighted by atomic mass is 9.76. The molecule has 1 amide bonds. The molecule has 0 radical (unpaired) electrons. The van der Waals surface area contributed by atoms with Crippen LogP contribution in [0.25, 0.3) is 6.08 Å². The van der Waals surface area contributed by atoms with Gasteiger partial charge in [0, 0.05) is 30.6 Å². The monoisotopic (exact) mass is 587 g/mol. The van der Waals surface area contributed by atoms with Crippen LogP contribution in [0, 0.1) is 0 Å². The number of carbonyl (C=O) groups is 1. The summed E-state index contributed by atoms with van der Waals surface area (Å²) in [4.78, 5) is 21.1. The molecule has 0 saturated carbocycles. The predicted molar refractivity (Wildman–Crippen MR) is 175 cm³/mol. The molecule has 7 rings (SSSR count). The first-order valence-electron chi connectivity index (χ1n) is 14.9. The van der Waals surface area contributed by atoms with E-state index in [0.29, 0.717) is 22.4 Å². The summed E-state index contributed by atoms with van der Waals surface area (Å²) < 4.78 is 5.52. The Labute approximate surface area is 256 Å². The second kappa shape index (κ2) is 11.7. The van der Waals surface area contributed by atoms with Crippen LogP contribution in [0.5, 0.6) is 11.5 Å².